The fourth-order valence-corrected chi connectivity index (χ4v) is 5.54. The second-order valence-electron chi connectivity index (χ2n) is 7.32. The van der Waals surface area contributed by atoms with E-state index >= 15 is 0 Å². The number of rotatable bonds is 5. The quantitative estimate of drug-likeness (QED) is 0.352. The lowest BCUT2D eigenvalue weighted by Crippen LogP contribution is -1.99. The zero-order valence-corrected chi connectivity index (χ0v) is 18.0. The maximum atomic E-state index is 5.58. The normalized spacial score (nSPS) is 14.8. The van der Waals surface area contributed by atoms with E-state index in [0.717, 1.165) is 11.5 Å². The van der Waals surface area contributed by atoms with E-state index in [4.69, 9.17) is 9.47 Å². The van der Waals surface area contributed by atoms with E-state index in [1.165, 1.54) is 38.4 Å². The Balaban J connectivity index is 1.67. The summed E-state index contributed by atoms with van der Waals surface area (Å²) in [7, 11) is 3.95. The molecule has 2 unspecified atom stereocenters. The van der Waals surface area contributed by atoms with Gasteiger partial charge in [-0.2, -0.15) is 0 Å². The first-order valence-electron chi connectivity index (χ1n) is 9.98. The average Bonchev–Trinajstić information content (AvgIpc) is 3.43. The maximum absolute atomic E-state index is 5.58. The van der Waals surface area contributed by atoms with E-state index in [-0.39, 0.29) is 5.92 Å². The minimum absolute atomic E-state index is 0.156. The third kappa shape index (κ3) is 3.24. The molecule has 0 amide bonds. The van der Waals surface area contributed by atoms with Gasteiger partial charge in [0.2, 0.25) is 0 Å². The van der Waals surface area contributed by atoms with Crippen LogP contribution in [0.3, 0.4) is 0 Å². The number of hydrogen-bond acceptors (Lipinski definition) is 2. The van der Waals surface area contributed by atoms with Crippen molar-refractivity contribution in [2.24, 2.45) is 0 Å². The van der Waals surface area contributed by atoms with Crippen LogP contribution in [0, 0.1) is 6.07 Å². The Kier molecular flexibility index (Phi) is 4.94. The first-order valence-corrected chi connectivity index (χ1v) is 11.0. The van der Waals surface area contributed by atoms with Gasteiger partial charge in [0.05, 0.1) is 14.2 Å². The van der Waals surface area contributed by atoms with Gasteiger partial charge in [0.25, 0.3) is 0 Å². The predicted molar refractivity (Wildman–Crippen MR) is 126 cm³/mol. The van der Waals surface area contributed by atoms with Gasteiger partial charge >= 0.3 is 0 Å². The third-order valence-electron chi connectivity index (χ3n) is 5.61. The summed E-state index contributed by atoms with van der Waals surface area (Å²) in [5.74, 6) is 1.68. The van der Waals surface area contributed by atoms with Gasteiger partial charge < -0.3 is 9.47 Å². The first-order chi connectivity index (χ1) is 14.8. The van der Waals surface area contributed by atoms with Crippen molar-refractivity contribution in [1.29, 1.82) is 0 Å². The Morgan fingerprint density at radius 1 is 0.800 bits per heavy atom. The van der Waals surface area contributed by atoms with Crippen molar-refractivity contribution in [3.63, 3.8) is 0 Å². The predicted octanol–water partition coefficient (Wildman–Crippen LogP) is 7.03. The van der Waals surface area contributed by atoms with Gasteiger partial charge in [0.1, 0.15) is 0 Å². The highest BCUT2D eigenvalue weighted by Crippen LogP contribution is 2.49. The molecule has 0 aliphatic heterocycles. The number of fused-ring (bicyclic) bond motifs is 1. The maximum Gasteiger partial charge on any atom is 0.161 e. The van der Waals surface area contributed by atoms with Crippen molar-refractivity contribution in [2.75, 3.05) is 14.2 Å². The molecule has 2 atom stereocenters. The molecule has 4 aromatic rings. The van der Waals surface area contributed by atoms with Crippen LogP contribution in [0.25, 0.3) is 27.8 Å². The van der Waals surface area contributed by atoms with Gasteiger partial charge in [-0.3, -0.25) is 0 Å². The lowest BCUT2D eigenvalue weighted by molar-refractivity contribution is 0.354. The molecule has 1 aliphatic rings. The summed E-state index contributed by atoms with van der Waals surface area (Å²) in [5, 5.41) is 2.64. The van der Waals surface area contributed by atoms with E-state index in [9.17, 15) is 0 Å². The van der Waals surface area contributed by atoms with E-state index in [2.05, 4.69) is 91.0 Å². The molecule has 1 radical (unpaired) electrons. The van der Waals surface area contributed by atoms with E-state index in [1.807, 2.05) is 0 Å². The Morgan fingerprint density at radius 2 is 1.43 bits per heavy atom. The molecule has 0 N–H and O–H groups in total. The molecule has 0 spiro atoms. The number of benzene rings is 3. The van der Waals surface area contributed by atoms with Gasteiger partial charge in [-0.15, -0.1) is 8.19 Å². The summed E-state index contributed by atoms with van der Waals surface area (Å²) >= 11 is 0. The van der Waals surface area contributed by atoms with Crippen LogP contribution in [0.15, 0.2) is 78.9 Å². The Labute approximate surface area is 178 Å². The van der Waals surface area contributed by atoms with Crippen LogP contribution < -0.4 is 9.47 Å². The molecule has 5 rings (SSSR count). The van der Waals surface area contributed by atoms with E-state index in [0.29, 0.717) is 8.19 Å². The molecule has 1 aliphatic carbocycles. The van der Waals surface area contributed by atoms with Crippen LogP contribution in [0.5, 0.6) is 11.5 Å². The number of ether oxygens (including phenoxy) is 2. The fourth-order valence-electron chi connectivity index (χ4n) is 4.12. The highest BCUT2D eigenvalue weighted by molar-refractivity contribution is 7.38. The fraction of sp³-hybridized carbons (Fsp3) is 0.111. The Hall–Kier alpha value is -3.22. The molecule has 30 heavy (non-hydrogen) atoms. The Morgan fingerprint density at radius 3 is 2.10 bits per heavy atom. The SMILES string of the molecule is COc1cc2c(cc1OC)C(c1[c]c(-c3ccccc3)[pH]c1-c1ccccc1)C=C2. The molecule has 3 heteroatoms. The lowest BCUT2D eigenvalue weighted by atomic mass is 9.91. The molecule has 0 saturated carbocycles. The molecular weight excluding hydrogens is 387 g/mol. The summed E-state index contributed by atoms with van der Waals surface area (Å²) in [6, 6.07) is 29.2. The van der Waals surface area contributed by atoms with Crippen LogP contribution in [0.1, 0.15) is 22.6 Å². The second kappa shape index (κ2) is 7.89. The molecule has 147 valence electrons. The van der Waals surface area contributed by atoms with Crippen LogP contribution >= 0.6 is 8.19 Å². The molecule has 0 saturated heterocycles. The van der Waals surface area contributed by atoms with Crippen molar-refractivity contribution in [1.82, 2.24) is 0 Å². The van der Waals surface area contributed by atoms with Crippen molar-refractivity contribution < 1.29 is 9.47 Å². The van der Waals surface area contributed by atoms with E-state index in [1.54, 1.807) is 14.2 Å². The summed E-state index contributed by atoms with van der Waals surface area (Å²) in [5.41, 5.74) is 6.18. The van der Waals surface area contributed by atoms with Crippen LogP contribution in [0.4, 0.5) is 0 Å². The van der Waals surface area contributed by atoms with Crippen molar-refractivity contribution in [2.45, 2.75) is 5.92 Å². The lowest BCUT2D eigenvalue weighted by Gasteiger charge is -2.16. The topological polar surface area (TPSA) is 18.5 Å². The molecule has 3 aromatic carbocycles. The highest BCUT2D eigenvalue weighted by atomic mass is 31.0. The second-order valence-corrected chi connectivity index (χ2v) is 8.57. The van der Waals surface area contributed by atoms with Gasteiger partial charge in [-0.25, -0.2) is 0 Å². The van der Waals surface area contributed by atoms with Gasteiger partial charge in [-0.1, -0.05) is 72.8 Å². The van der Waals surface area contributed by atoms with Crippen molar-refractivity contribution in [3.05, 3.63) is 102 Å². The molecule has 0 fully saturated rings. The monoisotopic (exact) mass is 409 g/mol. The standard InChI is InChI=1S/C27H22O2P/c1-28-24-15-20-13-14-21(22(20)16-25(24)29-2)23-17-26(18-9-5-3-6-10-18)30-27(23)19-11-7-4-8-12-19/h3-16,21,30H,1-2H3. The largest absolute Gasteiger partial charge is 0.493 e. The van der Waals surface area contributed by atoms with Crippen LogP contribution in [-0.2, 0) is 0 Å². The van der Waals surface area contributed by atoms with Crippen LogP contribution in [0.2, 0.25) is 0 Å². The summed E-state index contributed by atoms with van der Waals surface area (Å²) < 4.78 is 11.1. The number of allylic oxidation sites excluding steroid dienone is 1. The van der Waals surface area contributed by atoms with Gasteiger partial charge in [-0.05, 0) is 46.0 Å². The Bertz CT molecular complexity index is 1210. The van der Waals surface area contributed by atoms with Gasteiger partial charge in [0, 0.05) is 16.5 Å². The third-order valence-corrected chi connectivity index (χ3v) is 7.08. The first kappa shape index (κ1) is 18.8. The van der Waals surface area contributed by atoms with Crippen molar-refractivity contribution in [3.8, 4) is 33.2 Å². The number of methoxy groups -OCH3 is 2. The number of hydrogen-bond donors (Lipinski definition) is 0. The average molecular weight is 409 g/mol. The summed E-state index contributed by atoms with van der Waals surface area (Å²) in [6.07, 6.45) is 4.45. The highest BCUT2D eigenvalue weighted by Gasteiger charge is 2.26. The minimum atomic E-state index is 0.156. The van der Waals surface area contributed by atoms with Gasteiger partial charge in [0.15, 0.2) is 11.5 Å². The zero-order valence-electron chi connectivity index (χ0n) is 17.0. The molecule has 2 nitrogen and oxygen atoms in total. The summed E-state index contributed by atoms with van der Waals surface area (Å²) in [6.45, 7) is 0. The van der Waals surface area contributed by atoms with Crippen LogP contribution in [-0.4, -0.2) is 14.2 Å². The smallest absolute Gasteiger partial charge is 0.161 e. The molecule has 1 heterocycles. The van der Waals surface area contributed by atoms with Crippen molar-refractivity contribution >= 4 is 14.3 Å². The molecule has 1 aromatic heterocycles. The molecular formula is C27H22O2P. The minimum Gasteiger partial charge on any atom is -0.493 e. The van der Waals surface area contributed by atoms with E-state index < -0.39 is 0 Å². The summed E-state index contributed by atoms with van der Waals surface area (Å²) in [4.78, 5) is 0. The molecule has 0 bridgehead atoms. The zero-order chi connectivity index (χ0) is 20.5.